The van der Waals surface area contributed by atoms with Crippen LogP contribution < -0.4 is 30.3 Å². The summed E-state index contributed by atoms with van der Waals surface area (Å²) in [5, 5.41) is 27.2. The quantitative estimate of drug-likeness (QED) is 0.252. The first-order valence-electron chi connectivity index (χ1n) is 13.1. The number of benzene rings is 3. The van der Waals surface area contributed by atoms with Gasteiger partial charge in [0.05, 0.1) is 30.1 Å². The van der Waals surface area contributed by atoms with Gasteiger partial charge < -0.3 is 45.4 Å². The zero-order valence-electron chi connectivity index (χ0n) is 22.9. The summed E-state index contributed by atoms with van der Waals surface area (Å²) in [5.74, 6) is 0.988. The van der Waals surface area contributed by atoms with Crippen LogP contribution in [-0.2, 0) is 0 Å². The highest BCUT2D eigenvalue weighted by Crippen LogP contribution is 2.28. The van der Waals surface area contributed by atoms with Crippen LogP contribution >= 0.6 is 11.6 Å². The van der Waals surface area contributed by atoms with E-state index >= 15 is 0 Å². The number of amides is 4. The van der Waals surface area contributed by atoms with Crippen molar-refractivity contribution in [2.75, 3.05) is 67.4 Å². The number of methoxy groups -OCH3 is 1. The van der Waals surface area contributed by atoms with Crippen molar-refractivity contribution < 1.29 is 29.3 Å². The fraction of sp³-hybridized carbons (Fsp3) is 0.310. The van der Waals surface area contributed by atoms with Crippen LogP contribution in [0.3, 0.4) is 0 Å². The van der Waals surface area contributed by atoms with Crippen molar-refractivity contribution in [2.45, 2.75) is 13.0 Å². The molecule has 1 fully saturated rings. The van der Waals surface area contributed by atoms with Crippen LogP contribution in [0.25, 0.3) is 0 Å². The van der Waals surface area contributed by atoms with E-state index in [0.29, 0.717) is 59.8 Å². The second-order valence-electron chi connectivity index (χ2n) is 9.52. The van der Waals surface area contributed by atoms with E-state index in [1.54, 1.807) is 36.3 Å². The Hall–Kier alpha value is -4.19. The van der Waals surface area contributed by atoms with E-state index < -0.39 is 12.7 Å². The summed E-state index contributed by atoms with van der Waals surface area (Å²) in [6.07, 6.45) is -0.999. The van der Waals surface area contributed by atoms with Gasteiger partial charge in [-0.2, -0.15) is 0 Å². The van der Waals surface area contributed by atoms with Crippen molar-refractivity contribution in [3.8, 4) is 11.5 Å². The van der Waals surface area contributed by atoms with Gasteiger partial charge >= 0.3 is 12.1 Å². The Balaban J connectivity index is 1.27. The molecule has 3 aromatic rings. The lowest BCUT2D eigenvalue weighted by atomic mass is 10.2. The molecule has 1 atom stereocenters. The van der Waals surface area contributed by atoms with E-state index in [9.17, 15) is 14.7 Å². The molecular weight excluding hydrogens is 550 g/mol. The molecular formula is C29H34ClN5O6. The Morgan fingerprint density at radius 2 is 1.68 bits per heavy atom. The van der Waals surface area contributed by atoms with Crippen molar-refractivity contribution in [1.82, 2.24) is 4.90 Å². The first-order chi connectivity index (χ1) is 19.7. The number of carbonyl (C=O) groups excluding carboxylic acids is 2. The van der Waals surface area contributed by atoms with Crippen molar-refractivity contribution in [3.05, 3.63) is 71.2 Å². The number of aliphatic hydroxyl groups is 2. The van der Waals surface area contributed by atoms with E-state index in [-0.39, 0.29) is 18.7 Å². The van der Waals surface area contributed by atoms with Gasteiger partial charge in [0.2, 0.25) is 0 Å². The van der Waals surface area contributed by atoms with Gasteiger partial charge in [0, 0.05) is 43.6 Å². The molecule has 12 heteroatoms. The Morgan fingerprint density at radius 1 is 0.951 bits per heavy atom. The third-order valence-electron chi connectivity index (χ3n) is 6.49. The monoisotopic (exact) mass is 583 g/mol. The fourth-order valence-corrected chi connectivity index (χ4v) is 4.42. The van der Waals surface area contributed by atoms with Crippen LogP contribution in [0.4, 0.5) is 32.3 Å². The molecule has 41 heavy (non-hydrogen) atoms. The number of nitrogens with zero attached hydrogens (tertiary/aromatic N) is 2. The molecule has 5 N–H and O–H groups in total. The van der Waals surface area contributed by atoms with Crippen LogP contribution in [-0.4, -0.2) is 79.8 Å². The lowest BCUT2D eigenvalue weighted by Gasteiger charge is -2.36. The minimum Gasteiger partial charge on any atom is -0.495 e. The molecule has 4 amide bonds. The highest BCUT2D eigenvalue weighted by molar-refractivity contribution is 6.33. The number of carbonyl (C=O) groups is 2. The first-order valence-corrected chi connectivity index (χ1v) is 13.5. The topological polar surface area (TPSA) is 136 Å². The van der Waals surface area contributed by atoms with Crippen LogP contribution in [0.5, 0.6) is 11.5 Å². The molecule has 3 aromatic carbocycles. The standard InChI is InChI=1S/C29H34ClN5O6/c1-19-3-10-27(40-2)26(15-19)32-28(38)31-20-4-6-21(7-5-20)34-11-13-35(14-12-34)29(39)33-25-16-23(8-9-24(25)30)41-18-22(37)17-36/h3-10,15-16,22,36-37H,11-14,17-18H2,1-2H3,(H,33,39)(H2,31,32,38). The molecule has 0 saturated carbocycles. The Bertz CT molecular complexity index is 1350. The largest absolute Gasteiger partial charge is 0.495 e. The zero-order valence-corrected chi connectivity index (χ0v) is 23.6. The minimum absolute atomic E-state index is 0.0830. The maximum Gasteiger partial charge on any atom is 0.323 e. The Labute approximate surface area is 243 Å². The summed E-state index contributed by atoms with van der Waals surface area (Å²) in [7, 11) is 1.55. The van der Waals surface area contributed by atoms with Gasteiger partial charge in [-0.15, -0.1) is 0 Å². The molecule has 1 aliphatic rings. The van der Waals surface area contributed by atoms with E-state index in [0.717, 1.165) is 11.3 Å². The number of anilines is 4. The van der Waals surface area contributed by atoms with Crippen LogP contribution in [0, 0.1) is 6.92 Å². The van der Waals surface area contributed by atoms with E-state index in [4.69, 9.17) is 26.2 Å². The second kappa shape index (κ2) is 13.9. The van der Waals surface area contributed by atoms with E-state index in [1.807, 2.05) is 43.3 Å². The molecule has 0 bridgehead atoms. The average molecular weight is 584 g/mol. The Kier molecular flexibility index (Phi) is 10.1. The first kappa shape index (κ1) is 29.8. The summed E-state index contributed by atoms with van der Waals surface area (Å²) in [6, 6.07) is 17.2. The maximum atomic E-state index is 12.9. The lowest BCUT2D eigenvalue weighted by Crippen LogP contribution is -2.50. The highest BCUT2D eigenvalue weighted by Gasteiger charge is 2.22. The normalized spacial score (nSPS) is 13.8. The van der Waals surface area contributed by atoms with Crippen molar-refractivity contribution in [3.63, 3.8) is 0 Å². The van der Waals surface area contributed by atoms with Crippen LogP contribution in [0.2, 0.25) is 5.02 Å². The number of nitrogens with one attached hydrogen (secondary N) is 3. The molecule has 0 aromatic heterocycles. The SMILES string of the molecule is COc1ccc(C)cc1NC(=O)Nc1ccc(N2CCN(C(=O)Nc3cc(OCC(O)CO)ccc3Cl)CC2)cc1. The molecule has 11 nitrogen and oxygen atoms in total. The number of hydrogen-bond acceptors (Lipinski definition) is 7. The predicted molar refractivity (Wildman–Crippen MR) is 160 cm³/mol. The number of aryl methyl sites for hydroxylation is 1. The number of piperazine rings is 1. The van der Waals surface area contributed by atoms with Crippen molar-refractivity contribution in [1.29, 1.82) is 0 Å². The molecule has 4 rings (SSSR count). The summed E-state index contributed by atoms with van der Waals surface area (Å²) in [6.45, 7) is 3.71. The molecule has 1 saturated heterocycles. The number of ether oxygens (including phenoxy) is 2. The second-order valence-corrected chi connectivity index (χ2v) is 9.93. The molecule has 0 spiro atoms. The molecule has 1 unspecified atom stereocenters. The Morgan fingerprint density at radius 3 is 2.37 bits per heavy atom. The number of aliphatic hydroxyl groups excluding tert-OH is 2. The third-order valence-corrected chi connectivity index (χ3v) is 6.82. The van der Waals surface area contributed by atoms with Crippen LogP contribution in [0.15, 0.2) is 60.7 Å². The van der Waals surface area contributed by atoms with E-state index in [2.05, 4.69) is 20.9 Å². The minimum atomic E-state index is -0.999. The lowest BCUT2D eigenvalue weighted by molar-refractivity contribution is 0.0536. The molecule has 0 aliphatic carbocycles. The molecule has 218 valence electrons. The van der Waals surface area contributed by atoms with Gasteiger partial charge in [0.25, 0.3) is 0 Å². The molecule has 1 heterocycles. The number of hydrogen-bond donors (Lipinski definition) is 5. The van der Waals surface area contributed by atoms with Gasteiger partial charge in [-0.3, -0.25) is 0 Å². The number of rotatable bonds is 9. The van der Waals surface area contributed by atoms with Gasteiger partial charge in [0.1, 0.15) is 24.2 Å². The van der Waals surface area contributed by atoms with Gasteiger partial charge in [-0.1, -0.05) is 17.7 Å². The smallest absolute Gasteiger partial charge is 0.323 e. The van der Waals surface area contributed by atoms with Gasteiger partial charge in [0.15, 0.2) is 0 Å². The average Bonchev–Trinajstić information content (AvgIpc) is 2.98. The number of urea groups is 2. The maximum absolute atomic E-state index is 12.9. The van der Waals surface area contributed by atoms with E-state index in [1.165, 1.54) is 0 Å². The number of halogens is 1. The summed E-state index contributed by atoms with van der Waals surface area (Å²) >= 11 is 6.25. The zero-order chi connectivity index (χ0) is 29.4. The molecule has 0 radical (unpaired) electrons. The predicted octanol–water partition coefficient (Wildman–Crippen LogP) is 4.39. The summed E-state index contributed by atoms with van der Waals surface area (Å²) < 4.78 is 10.8. The van der Waals surface area contributed by atoms with Gasteiger partial charge in [-0.05, 0) is 61.0 Å². The van der Waals surface area contributed by atoms with Crippen molar-refractivity contribution >= 4 is 46.4 Å². The fourth-order valence-electron chi connectivity index (χ4n) is 4.26. The van der Waals surface area contributed by atoms with Gasteiger partial charge in [-0.25, -0.2) is 9.59 Å². The summed E-state index contributed by atoms with van der Waals surface area (Å²) in [5.41, 5.74) is 3.61. The van der Waals surface area contributed by atoms with Crippen molar-refractivity contribution in [2.24, 2.45) is 0 Å². The van der Waals surface area contributed by atoms with Crippen LogP contribution in [0.1, 0.15) is 5.56 Å². The highest BCUT2D eigenvalue weighted by atomic mass is 35.5. The molecule has 1 aliphatic heterocycles. The third kappa shape index (κ3) is 8.16. The summed E-state index contributed by atoms with van der Waals surface area (Å²) in [4.78, 5) is 29.3.